The third-order valence-electron chi connectivity index (χ3n) is 4.06. The standard InChI is InChI=1S/C15H25N3O3S/c1-11(10-18-5-3-17(4-6-18)7-8-19)15-16-12(2)13(22-15)9-14(20)21/h11,19H,3-10H2,1-2H3,(H,20,21). The zero-order chi connectivity index (χ0) is 16.1. The minimum Gasteiger partial charge on any atom is -0.481 e. The molecule has 1 aliphatic heterocycles. The van der Waals surface area contributed by atoms with E-state index in [0.717, 1.165) is 54.8 Å². The molecule has 2 N–H and O–H groups in total. The van der Waals surface area contributed by atoms with Crippen LogP contribution in [0, 0.1) is 6.92 Å². The van der Waals surface area contributed by atoms with Gasteiger partial charge in [-0.05, 0) is 6.92 Å². The molecule has 1 unspecified atom stereocenters. The van der Waals surface area contributed by atoms with Crippen LogP contribution in [0.2, 0.25) is 0 Å². The second kappa shape index (κ2) is 8.01. The minimum atomic E-state index is -0.800. The van der Waals surface area contributed by atoms with Crippen LogP contribution in [0.25, 0.3) is 0 Å². The Morgan fingerprint density at radius 3 is 2.55 bits per heavy atom. The molecule has 1 aromatic rings. The lowest BCUT2D eigenvalue weighted by Gasteiger charge is -2.35. The number of aliphatic hydroxyl groups is 1. The van der Waals surface area contributed by atoms with Gasteiger partial charge in [0.05, 0.1) is 23.7 Å². The van der Waals surface area contributed by atoms with E-state index >= 15 is 0 Å². The maximum absolute atomic E-state index is 10.8. The van der Waals surface area contributed by atoms with E-state index in [4.69, 9.17) is 10.2 Å². The van der Waals surface area contributed by atoms with Crippen LogP contribution in [-0.4, -0.2) is 76.8 Å². The van der Waals surface area contributed by atoms with Crippen molar-refractivity contribution < 1.29 is 15.0 Å². The van der Waals surface area contributed by atoms with Crippen LogP contribution < -0.4 is 0 Å². The van der Waals surface area contributed by atoms with Crippen molar-refractivity contribution in [2.75, 3.05) is 45.9 Å². The number of aliphatic hydroxyl groups excluding tert-OH is 1. The number of piperazine rings is 1. The molecule has 22 heavy (non-hydrogen) atoms. The molecule has 0 saturated carbocycles. The Balaban J connectivity index is 1.87. The second-order valence-electron chi connectivity index (χ2n) is 5.90. The SMILES string of the molecule is Cc1nc(C(C)CN2CCN(CCO)CC2)sc1CC(=O)O. The Morgan fingerprint density at radius 2 is 1.95 bits per heavy atom. The molecule has 1 saturated heterocycles. The first kappa shape index (κ1) is 17.3. The van der Waals surface area contributed by atoms with E-state index < -0.39 is 5.97 Å². The van der Waals surface area contributed by atoms with Gasteiger partial charge in [0.15, 0.2) is 0 Å². The lowest BCUT2D eigenvalue weighted by Crippen LogP contribution is -2.47. The number of carboxylic acid groups (broad SMARTS) is 1. The Morgan fingerprint density at radius 1 is 1.32 bits per heavy atom. The highest BCUT2D eigenvalue weighted by atomic mass is 32.1. The third-order valence-corrected chi connectivity index (χ3v) is 5.44. The van der Waals surface area contributed by atoms with Crippen molar-refractivity contribution in [1.82, 2.24) is 14.8 Å². The molecule has 1 fully saturated rings. The van der Waals surface area contributed by atoms with E-state index in [2.05, 4.69) is 21.7 Å². The third kappa shape index (κ3) is 4.74. The predicted octanol–water partition coefficient (Wildman–Crippen LogP) is 0.792. The van der Waals surface area contributed by atoms with Gasteiger partial charge < -0.3 is 15.1 Å². The maximum Gasteiger partial charge on any atom is 0.308 e. The van der Waals surface area contributed by atoms with Crippen molar-refractivity contribution in [3.8, 4) is 0 Å². The monoisotopic (exact) mass is 327 g/mol. The van der Waals surface area contributed by atoms with E-state index in [-0.39, 0.29) is 13.0 Å². The number of carbonyl (C=O) groups is 1. The molecule has 0 spiro atoms. The van der Waals surface area contributed by atoms with Crippen molar-refractivity contribution in [3.05, 3.63) is 15.6 Å². The van der Waals surface area contributed by atoms with Gasteiger partial charge in [0, 0.05) is 50.1 Å². The molecule has 2 rings (SSSR count). The highest BCUT2D eigenvalue weighted by Crippen LogP contribution is 2.26. The molecule has 6 nitrogen and oxygen atoms in total. The van der Waals surface area contributed by atoms with Crippen molar-refractivity contribution in [2.24, 2.45) is 0 Å². The van der Waals surface area contributed by atoms with Crippen LogP contribution in [0.1, 0.15) is 28.4 Å². The van der Waals surface area contributed by atoms with Gasteiger partial charge in [-0.15, -0.1) is 11.3 Å². The van der Waals surface area contributed by atoms with Gasteiger partial charge in [-0.1, -0.05) is 6.92 Å². The number of aryl methyl sites for hydroxylation is 1. The number of hydrogen-bond donors (Lipinski definition) is 2. The highest BCUT2D eigenvalue weighted by Gasteiger charge is 2.21. The Kier molecular flexibility index (Phi) is 6.31. The van der Waals surface area contributed by atoms with Crippen molar-refractivity contribution in [1.29, 1.82) is 0 Å². The smallest absolute Gasteiger partial charge is 0.308 e. The number of nitrogens with zero attached hydrogens (tertiary/aromatic N) is 3. The average molecular weight is 327 g/mol. The summed E-state index contributed by atoms with van der Waals surface area (Å²) in [6.07, 6.45) is 0.0655. The lowest BCUT2D eigenvalue weighted by atomic mass is 10.1. The van der Waals surface area contributed by atoms with Gasteiger partial charge >= 0.3 is 5.97 Å². The molecule has 2 heterocycles. The Hall–Kier alpha value is -1.02. The number of rotatable bonds is 7. The largest absolute Gasteiger partial charge is 0.481 e. The summed E-state index contributed by atoms with van der Waals surface area (Å²) in [5.41, 5.74) is 0.849. The van der Waals surface area contributed by atoms with E-state index in [1.54, 1.807) is 0 Å². The molecule has 0 aliphatic carbocycles. The summed E-state index contributed by atoms with van der Waals surface area (Å²) in [6, 6.07) is 0. The van der Waals surface area contributed by atoms with Gasteiger partial charge in [0.1, 0.15) is 0 Å². The van der Waals surface area contributed by atoms with Crippen LogP contribution in [-0.2, 0) is 11.2 Å². The van der Waals surface area contributed by atoms with Crippen molar-refractivity contribution in [3.63, 3.8) is 0 Å². The topological polar surface area (TPSA) is 76.9 Å². The molecule has 7 heteroatoms. The summed E-state index contributed by atoms with van der Waals surface area (Å²) in [5, 5.41) is 18.9. The Labute approximate surface area is 135 Å². The van der Waals surface area contributed by atoms with Crippen LogP contribution in [0.3, 0.4) is 0 Å². The summed E-state index contributed by atoms with van der Waals surface area (Å²) in [7, 11) is 0. The fourth-order valence-electron chi connectivity index (χ4n) is 2.76. The number of β-amino-alcohol motifs (C(OH)–C–C–N with tert-alkyl or cyclic N) is 1. The van der Waals surface area contributed by atoms with E-state index in [0.29, 0.717) is 5.92 Å². The van der Waals surface area contributed by atoms with Crippen LogP contribution >= 0.6 is 11.3 Å². The molecular formula is C15H25N3O3S. The van der Waals surface area contributed by atoms with E-state index in [1.165, 1.54) is 11.3 Å². The van der Waals surface area contributed by atoms with Crippen LogP contribution in [0.15, 0.2) is 0 Å². The first-order chi connectivity index (χ1) is 10.5. The molecular weight excluding hydrogens is 302 g/mol. The highest BCUT2D eigenvalue weighted by molar-refractivity contribution is 7.11. The van der Waals surface area contributed by atoms with E-state index in [1.807, 2.05) is 6.92 Å². The van der Waals surface area contributed by atoms with Gasteiger partial charge in [0.25, 0.3) is 0 Å². The maximum atomic E-state index is 10.8. The first-order valence-corrected chi connectivity index (χ1v) is 8.54. The molecule has 0 radical (unpaired) electrons. The van der Waals surface area contributed by atoms with Gasteiger partial charge in [-0.2, -0.15) is 0 Å². The van der Waals surface area contributed by atoms with Crippen molar-refractivity contribution >= 4 is 17.3 Å². The fraction of sp³-hybridized carbons (Fsp3) is 0.733. The van der Waals surface area contributed by atoms with Gasteiger partial charge in [-0.3, -0.25) is 9.69 Å². The number of carboxylic acids is 1. The van der Waals surface area contributed by atoms with E-state index in [9.17, 15) is 4.79 Å². The van der Waals surface area contributed by atoms with Crippen LogP contribution in [0.4, 0.5) is 0 Å². The molecule has 1 aliphatic rings. The quantitative estimate of drug-likeness (QED) is 0.771. The molecule has 1 aromatic heterocycles. The normalized spacial score (nSPS) is 18.5. The van der Waals surface area contributed by atoms with Gasteiger partial charge in [0.2, 0.25) is 0 Å². The molecule has 0 bridgehead atoms. The number of thiazole rings is 1. The molecule has 0 amide bonds. The Bertz CT molecular complexity index is 498. The molecule has 0 aromatic carbocycles. The fourth-order valence-corrected chi connectivity index (χ4v) is 3.86. The zero-order valence-electron chi connectivity index (χ0n) is 13.3. The second-order valence-corrected chi connectivity index (χ2v) is 7.01. The lowest BCUT2D eigenvalue weighted by molar-refractivity contribution is -0.136. The van der Waals surface area contributed by atoms with Crippen molar-refractivity contribution in [2.45, 2.75) is 26.2 Å². The number of aromatic nitrogens is 1. The average Bonchev–Trinajstić information content (AvgIpc) is 2.82. The summed E-state index contributed by atoms with van der Waals surface area (Å²) in [5.74, 6) is -0.485. The number of aliphatic carboxylic acids is 1. The van der Waals surface area contributed by atoms with Gasteiger partial charge in [-0.25, -0.2) is 4.98 Å². The summed E-state index contributed by atoms with van der Waals surface area (Å²) >= 11 is 1.53. The van der Waals surface area contributed by atoms with Crippen LogP contribution in [0.5, 0.6) is 0 Å². The summed E-state index contributed by atoms with van der Waals surface area (Å²) in [4.78, 5) is 21.0. The molecule has 124 valence electrons. The minimum absolute atomic E-state index is 0.0655. The predicted molar refractivity (Wildman–Crippen MR) is 86.6 cm³/mol. The summed E-state index contributed by atoms with van der Waals surface area (Å²) < 4.78 is 0. The molecule has 1 atom stereocenters. The first-order valence-electron chi connectivity index (χ1n) is 7.73. The summed E-state index contributed by atoms with van der Waals surface area (Å²) in [6.45, 7) is 9.99. The number of hydrogen-bond acceptors (Lipinski definition) is 6. The zero-order valence-corrected chi connectivity index (χ0v) is 14.1.